The third-order valence-corrected chi connectivity index (χ3v) is 1.72. The molecular formula is C9H11ClFNO2. The highest BCUT2D eigenvalue weighted by atomic mass is 35.5. The summed E-state index contributed by atoms with van der Waals surface area (Å²) in [7, 11) is 0. The fraction of sp³-hybridized carbons (Fsp3) is 0.222. The molecule has 0 saturated carbocycles. The molecule has 0 aromatic heterocycles. The molecule has 0 aliphatic heterocycles. The summed E-state index contributed by atoms with van der Waals surface area (Å²) in [5.74, 6) is -0.998. The van der Waals surface area contributed by atoms with Gasteiger partial charge in [-0.1, -0.05) is 12.1 Å². The van der Waals surface area contributed by atoms with E-state index >= 15 is 0 Å². The number of halogens is 2. The van der Waals surface area contributed by atoms with Gasteiger partial charge in [-0.25, -0.2) is 9.74 Å². The molecule has 1 unspecified atom stereocenters. The van der Waals surface area contributed by atoms with Gasteiger partial charge in [0.25, 0.3) is 0 Å². The van der Waals surface area contributed by atoms with Gasteiger partial charge in [-0.3, -0.25) is 0 Å². The average molecular weight is 220 g/mol. The van der Waals surface area contributed by atoms with Crippen molar-refractivity contribution >= 4 is 18.4 Å². The minimum absolute atomic E-state index is 0. The fourth-order valence-corrected chi connectivity index (χ4v) is 0.993. The molecule has 14 heavy (non-hydrogen) atoms. The van der Waals surface area contributed by atoms with E-state index in [1.807, 2.05) is 0 Å². The molecule has 0 radical (unpaired) electrons. The number of carbonyl (C=O) groups excluding carboxylic acids is 1. The largest absolute Gasteiger partial charge is 0.379 e. The summed E-state index contributed by atoms with van der Waals surface area (Å²) >= 11 is 0. The standard InChI is InChI=1S/C9H10FNO2.ClH/c1-6(11)7-3-2-4-8(5-7)9(12)13-10;/h2-6H,11H2,1H3;1H. The van der Waals surface area contributed by atoms with Crippen LogP contribution in [0, 0.1) is 0 Å². The molecule has 0 saturated heterocycles. The first-order valence-corrected chi connectivity index (χ1v) is 3.83. The Hall–Kier alpha value is -1.13. The first kappa shape index (κ1) is 12.9. The van der Waals surface area contributed by atoms with E-state index in [2.05, 4.69) is 4.94 Å². The third-order valence-electron chi connectivity index (χ3n) is 1.72. The van der Waals surface area contributed by atoms with Gasteiger partial charge in [0, 0.05) is 10.6 Å². The predicted octanol–water partition coefficient (Wildman–Crippen LogP) is 2.17. The van der Waals surface area contributed by atoms with Gasteiger partial charge >= 0.3 is 5.97 Å². The summed E-state index contributed by atoms with van der Waals surface area (Å²) in [6.07, 6.45) is 0. The van der Waals surface area contributed by atoms with E-state index < -0.39 is 5.97 Å². The van der Waals surface area contributed by atoms with E-state index in [1.165, 1.54) is 12.1 Å². The van der Waals surface area contributed by atoms with Crippen molar-refractivity contribution in [2.24, 2.45) is 5.73 Å². The number of benzene rings is 1. The average Bonchev–Trinajstić information content (AvgIpc) is 2.17. The maximum absolute atomic E-state index is 11.5. The molecule has 0 spiro atoms. The Morgan fingerprint density at radius 2 is 2.21 bits per heavy atom. The number of hydrogen-bond acceptors (Lipinski definition) is 3. The fourth-order valence-electron chi connectivity index (χ4n) is 0.993. The molecule has 1 atom stereocenters. The maximum atomic E-state index is 11.5. The van der Waals surface area contributed by atoms with Gasteiger partial charge in [0.15, 0.2) is 0 Å². The van der Waals surface area contributed by atoms with Gasteiger partial charge in [0.05, 0.1) is 5.56 Å². The summed E-state index contributed by atoms with van der Waals surface area (Å²) in [5, 5.41) is 0. The van der Waals surface area contributed by atoms with Crippen molar-refractivity contribution < 1.29 is 14.3 Å². The third kappa shape index (κ3) is 2.97. The Balaban J connectivity index is 0.00000169. The van der Waals surface area contributed by atoms with Crippen LogP contribution < -0.4 is 5.73 Å². The van der Waals surface area contributed by atoms with Crippen LogP contribution in [0.5, 0.6) is 0 Å². The smallest absolute Gasteiger partial charge is 0.324 e. The summed E-state index contributed by atoms with van der Waals surface area (Å²) in [5.41, 5.74) is 6.51. The topological polar surface area (TPSA) is 52.3 Å². The molecule has 1 aromatic rings. The van der Waals surface area contributed by atoms with Crippen LogP contribution in [0.2, 0.25) is 0 Å². The van der Waals surface area contributed by atoms with Crippen molar-refractivity contribution in [3.63, 3.8) is 0 Å². The first-order chi connectivity index (χ1) is 6.15. The van der Waals surface area contributed by atoms with Crippen LogP contribution in [-0.2, 0) is 4.94 Å². The highest BCUT2D eigenvalue weighted by molar-refractivity contribution is 5.89. The minimum Gasteiger partial charge on any atom is -0.324 e. The zero-order valence-electron chi connectivity index (χ0n) is 7.57. The molecule has 0 bridgehead atoms. The molecule has 0 aliphatic rings. The number of carbonyl (C=O) groups is 1. The van der Waals surface area contributed by atoms with Crippen molar-refractivity contribution in [2.45, 2.75) is 13.0 Å². The van der Waals surface area contributed by atoms with Gasteiger partial charge in [0.2, 0.25) is 0 Å². The van der Waals surface area contributed by atoms with Crippen LogP contribution in [0.3, 0.4) is 0 Å². The summed E-state index contributed by atoms with van der Waals surface area (Å²) < 4.78 is 11.5. The van der Waals surface area contributed by atoms with Gasteiger partial charge < -0.3 is 5.73 Å². The van der Waals surface area contributed by atoms with Crippen LogP contribution in [0.25, 0.3) is 0 Å². The summed E-state index contributed by atoms with van der Waals surface area (Å²) in [6.45, 7) is 1.78. The zero-order valence-corrected chi connectivity index (χ0v) is 8.38. The number of nitrogens with two attached hydrogens (primary N) is 1. The molecule has 78 valence electrons. The Kier molecular flexibility index (Phi) is 5.12. The molecule has 3 nitrogen and oxygen atoms in total. The Bertz CT molecular complexity index is 317. The second-order valence-corrected chi connectivity index (χ2v) is 2.78. The van der Waals surface area contributed by atoms with Crippen LogP contribution >= 0.6 is 12.4 Å². The van der Waals surface area contributed by atoms with E-state index in [0.29, 0.717) is 0 Å². The Morgan fingerprint density at radius 1 is 1.57 bits per heavy atom. The predicted molar refractivity (Wildman–Crippen MR) is 52.8 cm³/mol. The first-order valence-electron chi connectivity index (χ1n) is 3.83. The number of hydrogen-bond donors (Lipinski definition) is 1. The Labute approximate surface area is 87.4 Å². The van der Waals surface area contributed by atoms with Crippen molar-refractivity contribution in [2.75, 3.05) is 0 Å². The quantitative estimate of drug-likeness (QED) is 0.830. The summed E-state index contributed by atoms with van der Waals surface area (Å²) in [4.78, 5) is 13.8. The minimum atomic E-state index is -0.998. The van der Waals surface area contributed by atoms with Gasteiger partial charge in [-0.05, 0) is 24.6 Å². The van der Waals surface area contributed by atoms with Crippen molar-refractivity contribution in [3.8, 4) is 0 Å². The molecule has 0 fully saturated rings. The monoisotopic (exact) mass is 219 g/mol. The second-order valence-electron chi connectivity index (χ2n) is 2.78. The van der Waals surface area contributed by atoms with Crippen LogP contribution in [-0.4, -0.2) is 5.97 Å². The van der Waals surface area contributed by atoms with E-state index in [9.17, 15) is 9.32 Å². The van der Waals surface area contributed by atoms with Crippen molar-refractivity contribution in [1.82, 2.24) is 0 Å². The van der Waals surface area contributed by atoms with Gasteiger partial charge in [-0.2, -0.15) is 0 Å². The second kappa shape index (κ2) is 5.57. The van der Waals surface area contributed by atoms with Crippen molar-refractivity contribution in [3.05, 3.63) is 35.4 Å². The van der Waals surface area contributed by atoms with Gasteiger partial charge in [0.1, 0.15) is 0 Å². The molecule has 1 aromatic carbocycles. The van der Waals surface area contributed by atoms with E-state index in [1.54, 1.807) is 19.1 Å². The lowest BCUT2D eigenvalue weighted by Crippen LogP contribution is -2.07. The molecule has 0 heterocycles. The Morgan fingerprint density at radius 3 is 2.71 bits per heavy atom. The highest BCUT2D eigenvalue weighted by Crippen LogP contribution is 2.12. The molecular weight excluding hydrogens is 209 g/mol. The lowest BCUT2D eigenvalue weighted by molar-refractivity contribution is -0.0788. The van der Waals surface area contributed by atoms with Crippen LogP contribution in [0.1, 0.15) is 28.9 Å². The molecule has 1 rings (SSSR count). The normalized spacial score (nSPS) is 11.4. The van der Waals surface area contributed by atoms with E-state index in [0.717, 1.165) is 5.56 Å². The lowest BCUT2D eigenvalue weighted by Gasteiger charge is -2.05. The maximum Gasteiger partial charge on any atom is 0.379 e. The summed E-state index contributed by atoms with van der Waals surface area (Å²) in [6, 6.07) is 6.18. The number of rotatable bonds is 2. The molecule has 0 amide bonds. The lowest BCUT2D eigenvalue weighted by atomic mass is 10.1. The van der Waals surface area contributed by atoms with Crippen LogP contribution in [0.4, 0.5) is 4.53 Å². The van der Waals surface area contributed by atoms with E-state index in [4.69, 9.17) is 5.73 Å². The van der Waals surface area contributed by atoms with Crippen LogP contribution in [0.15, 0.2) is 24.3 Å². The zero-order chi connectivity index (χ0) is 9.84. The van der Waals surface area contributed by atoms with E-state index in [-0.39, 0.29) is 24.0 Å². The highest BCUT2D eigenvalue weighted by Gasteiger charge is 2.09. The van der Waals surface area contributed by atoms with Gasteiger partial charge in [-0.15, -0.1) is 12.4 Å². The molecule has 2 N–H and O–H groups in total. The molecule has 0 aliphatic carbocycles. The van der Waals surface area contributed by atoms with Crippen molar-refractivity contribution in [1.29, 1.82) is 0 Å². The molecule has 5 heteroatoms. The SMILES string of the molecule is CC(N)c1cccc(C(=O)OF)c1.Cl.